The van der Waals surface area contributed by atoms with E-state index in [9.17, 15) is 9.18 Å². The molecule has 2 aromatic carbocycles. The summed E-state index contributed by atoms with van der Waals surface area (Å²) in [6.45, 7) is 2.20. The van der Waals surface area contributed by atoms with E-state index < -0.39 is 0 Å². The summed E-state index contributed by atoms with van der Waals surface area (Å²) in [4.78, 5) is 17.7. The zero-order chi connectivity index (χ0) is 20.4. The van der Waals surface area contributed by atoms with Crippen LogP contribution in [0.15, 0.2) is 60.7 Å². The van der Waals surface area contributed by atoms with Crippen LogP contribution >= 0.6 is 0 Å². The zero-order valence-electron chi connectivity index (χ0n) is 16.3. The minimum atomic E-state index is -0.262. The number of fused-ring (bicyclic) bond motifs is 1. The van der Waals surface area contributed by atoms with E-state index in [-0.39, 0.29) is 11.7 Å². The van der Waals surface area contributed by atoms with Gasteiger partial charge in [0.15, 0.2) is 5.65 Å². The molecule has 146 valence electrons. The molecule has 0 saturated carbocycles. The van der Waals surface area contributed by atoms with E-state index in [2.05, 4.69) is 10.4 Å². The molecule has 29 heavy (non-hydrogen) atoms. The van der Waals surface area contributed by atoms with Gasteiger partial charge in [0.25, 0.3) is 5.91 Å². The van der Waals surface area contributed by atoms with Crippen molar-refractivity contribution in [2.24, 2.45) is 7.05 Å². The fourth-order valence-electron chi connectivity index (χ4n) is 3.49. The molecule has 2 aromatic heterocycles. The Morgan fingerprint density at radius 1 is 1.10 bits per heavy atom. The number of rotatable bonds is 5. The Balaban J connectivity index is 1.66. The van der Waals surface area contributed by atoms with E-state index in [1.165, 1.54) is 6.07 Å². The lowest BCUT2D eigenvalue weighted by Gasteiger charge is -2.10. The van der Waals surface area contributed by atoms with Crippen molar-refractivity contribution in [1.82, 2.24) is 20.1 Å². The molecular weight excluding hydrogens is 367 g/mol. The first-order chi connectivity index (χ1) is 14.0. The Morgan fingerprint density at radius 3 is 2.59 bits per heavy atom. The standard InChI is InChI=1S/C23H21FN4O/c1-15-21-18(23(29)25-13-12-16-8-6-7-11-19(16)24)14-20(17-9-4-3-5-10-17)26-22(21)28(2)27-15/h3-11,14H,12-13H2,1-2H3,(H,25,29). The van der Waals surface area contributed by atoms with Gasteiger partial charge >= 0.3 is 0 Å². The minimum Gasteiger partial charge on any atom is -0.352 e. The first-order valence-corrected chi connectivity index (χ1v) is 9.46. The smallest absolute Gasteiger partial charge is 0.252 e. The largest absolute Gasteiger partial charge is 0.352 e. The number of nitrogens with one attached hydrogen (secondary N) is 1. The summed E-state index contributed by atoms with van der Waals surface area (Å²) < 4.78 is 15.5. The highest BCUT2D eigenvalue weighted by Crippen LogP contribution is 2.26. The lowest BCUT2D eigenvalue weighted by molar-refractivity contribution is 0.0955. The van der Waals surface area contributed by atoms with Gasteiger partial charge in [-0.25, -0.2) is 9.37 Å². The van der Waals surface area contributed by atoms with Crippen molar-refractivity contribution in [3.05, 3.63) is 83.3 Å². The van der Waals surface area contributed by atoms with Crippen LogP contribution in [0.1, 0.15) is 21.6 Å². The van der Waals surface area contributed by atoms with Crippen LogP contribution in [0.4, 0.5) is 4.39 Å². The van der Waals surface area contributed by atoms with Crippen molar-refractivity contribution in [3.63, 3.8) is 0 Å². The van der Waals surface area contributed by atoms with Crippen LogP contribution in [0.2, 0.25) is 0 Å². The number of benzene rings is 2. The molecule has 1 amide bonds. The van der Waals surface area contributed by atoms with Crippen LogP contribution in [-0.2, 0) is 13.5 Å². The Kier molecular flexibility index (Phi) is 5.08. The van der Waals surface area contributed by atoms with Gasteiger partial charge in [-0.05, 0) is 31.0 Å². The molecule has 0 unspecified atom stereocenters. The van der Waals surface area contributed by atoms with E-state index in [1.807, 2.05) is 44.3 Å². The van der Waals surface area contributed by atoms with Gasteiger partial charge in [-0.15, -0.1) is 0 Å². The van der Waals surface area contributed by atoms with E-state index in [0.717, 1.165) is 16.6 Å². The van der Waals surface area contributed by atoms with Crippen LogP contribution in [0.3, 0.4) is 0 Å². The van der Waals surface area contributed by atoms with Crippen LogP contribution in [0.5, 0.6) is 0 Å². The van der Waals surface area contributed by atoms with Gasteiger partial charge < -0.3 is 5.32 Å². The highest BCUT2D eigenvalue weighted by atomic mass is 19.1. The van der Waals surface area contributed by atoms with Gasteiger partial charge in [0.1, 0.15) is 5.82 Å². The number of aryl methyl sites for hydroxylation is 2. The Labute approximate surface area is 168 Å². The highest BCUT2D eigenvalue weighted by molar-refractivity contribution is 6.07. The van der Waals surface area contributed by atoms with Crippen LogP contribution in [0.25, 0.3) is 22.3 Å². The summed E-state index contributed by atoms with van der Waals surface area (Å²) in [5.74, 6) is -0.482. The van der Waals surface area contributed by atoms with Crippen molar-refractivity contribution in [3.8, 4) is 11.3 Å². The maximum atomic E-state index is 13.8. The number of aromatic nitrogens is 3. The van der Waals surface area contributed by atoms with Crippen LogP contribution in [-0.4, -0.2) is 27.2 Å². The summed E-state index contributed by atoms with van der Waals surface area (Å²) in [5.41, 5.74) is 4.13. The first-order valence-electron chi connectivity index (χ1n) is 9.46. The first kappa shape index (κ1) is 18.8. The second-order valence-electron chi connectivity index (χ2n) is 6.93. The number of carbonyl (C=O) groups excluding carboxylic acids is 1. The molecule has 6 heteroatoms. The number of hydrogen-bond donors (Lipinski definition) is 1. The third-order valence-electron chi connectivity index (χ3n) is 4.92. The topological polar surface area (TPSA) is 59.8 Å². The molecule has 0 aliphatic carbocycles. The molecule has 0 bridgehead atoms. The van der Waals surface area contributed by atoms with Gasteiger partial charge in [0, 0.05) is 19.2 Å². The van der Waals surface area contributed by atoms with E-state index in [4.69, 9.17) is 4.98 Å². The lowest BCUT2D eigenvalue weighted by atomic mass is 10.0. The number of nitrogens with zero attached hydrogens (tertiary/aromatic N) is 3. The Hall–Kier alpha value is -3.54. The maximum absolute atomic E-state index is 13.8. The number of halogens is 1. The molecule has 0 aliphatic rings. The molecule has 5 nitrogen and oxygen atoms in total. The molecule has 0 radical (unpaired) electrons. The summed E-state index contributed by atoms with van der Waals surface area (Å²) in [6.07, 6.45) is 0.421. The van der Waals surface area contributed by atoms with Gasteiger partial charge in [0.2, 0.25) is 0 Å². The fraction of sp³-hybridized carbons (Fsp3) is 0.174. The van der Waals surface area contributed by atoms with Gasteiger partial charge in [0.05, 0.1) is 22.3 Å². The Morgan fingerprint density at radius 2 is 1.83 bits per heavy atom. The number of hydrogen-bond acceptors (Lipinski definition) is 3. The summed E-state index contributed by atoms with van der Waals surface area (Å²) in [6, 6.07) is 18.1. The van der Waals surface area contributed by atoms with Crippen LogP contribution < -0.4 is 5.32 Å². The molecule has 0 atom stereocenters. The molecule has 4 aromatic rings. The predicted molar refractivity (Wildman–Crippen MR) is 111 cm³/mol. The molecule has 0 fully saturated rings. The zero-order valence-corrected chi connectivity index (χ0v) is 16.3. The summed E-state index contributed by atoms with van der Waals surface area (Å²) >= 11 is 0. The maximum Gasteiger partial charge on any atom is 0.252 e. The van der Waals surface area contributed by atoms with Gasteiger partial charge in [-0.3, -0.25) is 9.48 Å². The molecule has 1 N–H and O–H groups in total. The summed E-state index contributed by atoms with van der Waals surface area (Å²) in [5, 5.41) is 8.08. The monoisotopic (exact) mass is 388 g/mol. The number of pyridine rings is 1. The normalized spacial score (nSPS) is 11.0. The molecule has 0 aliphatic heterocycles. The van der Waals surface area contributed by atoms with E-state index >= 15 is 0 Å². The third-order valence-corrected chi connectivity index (χ3v) is 4.92. The van der Waals surface area contributed by atoms with Crippen molar-refractivity contribution < 1.29 is 9.18 Å². The molecular formula is C23H21FN4O. The van der Waals surface area contributed by atoms with Crippen molar-refractivity contribution in [1.29, 1.82) is 0 Å². The van der Waals surface area contributed by atoms with Crippen molar-refractivity contribution in [2.45, 2.75) is 13.3 Å². The second-order valence-corrected chi connectivity index (χ2v) is 6.93. The van der Waals surface area contributed by atoms with E-state index in [1.54, 1.807) is 28.9 Å². The second kappa shape index (κ2) is 7.83. The van der Waals surface area contributed by atoms with Gasteiger partial charge in [-0.2, -0.15) is 5.10 Å². The third kappa shape index (κ3) is 3.74. The minimum absolute atomic E-state index is 0.220. The fourth-order valence-corrected chi connectivity index (χ4v) is 3.49. The average Bonchev–Trinajstić information content (AvgIpc) is 3.03. The molecule has 0 spiro atoms. The average molecular weight is 388 g/mol. The molecule has 2 heterocycles. The van der Waals surface area contributed by atoms with E-state index in [0.29, 0.717) is 35.4 Å². The summed E-state index contributed by atoms with van der Waals surface area (Å²) in [7, 11) is 1.82. The van der Waals surface area contributed by atoms with Crippen molar-refractivity contribution >= 4 is 16.9 Å². The molecule has 4 rings (SSSR count). The SMILES string of the molecule is Cc1nn(C)c2nc(-c3ccccc3)cc(C(=O)NCCc3ccccc3F)c12. The number of carbonyl (C=O) groups is 1. The predicted octanol–water partition coefficient (Wildman–Crippen LogP) is 4.06. The van der Waals surface area contributed by atoms with Gasteiger partial charge in [-0.1, -0.05) is 48.5 Å². The van der Waals surface area contributed by atoms with Crippen molar-refractivity contribution in [2.75, 3.05) is 6.54 Å². The highest BCUT2D eigenvalue weighted by Gasteiger charge is 2.19. The quantitative estimate of drug-likeness (QED) is 0.561. The lowest BCUT2D eigenvalue weighted by Crippen LogP contribution is -2.26. The number of amides is 1. The van der Waals surface area contributed by atoms with Crippen LogP contribution in [0, 0.1) is 12.7 Å². The Bertz CT molecular complexity index is 1180. The molecule has 0 saturated heterocycles.